The molecule has 164 valence electrons. The number of anilines is 1. The molecule has 8 heteroatoms. The monoisotopic (exact) mass is 434 g/mol. The average Bonchev–Trinajstić information content (AvgIpc) is 2.80. The zero-order valence-corrected chi connectivity index (χ0v) is 17.6. The van der Waals surface area contributed by atoms with E-state index in [1.165, 1.54) is 19.2 Å². The van der Waals surface area contributed by atoms with Crippen LogP contribution in [0.5, 0.6) is 5.75 Å². The van der Waals surface area contributed by atoms with Crippen LogP contribution in [0.1, 0.15) is 22.6 Å². The second kappa shape index (κ2) is 10.2. The Bertz CT molecular complexity index is 1080. The number of hydrogen-bond acceptors (Lipinski definition) is 6. The molecule has 0 aliphatic heterocycles. The maximum Gasteiger partial charge on any atom is 0.318 e. The van der Waals surface area contributed by atoms with E-state index in [1.807, 2.05) is 60.7 Å². The molecular weight excluding hydrogens is 412 g/mol. The van der Waals surface area contributed by atoms with Crippen LogP contribution in [0.15, 0.2) is 72.8 Å². The van der Waals surface area contributed by atoms with Crippen LogP contribution in [0.4, 0.5) is 11.4 Å². The van der Waals surface area contributed by atoms with Crippen molar-refractivity contribution in [3.63, 3.8) is 0 Å². The molecule has 3 rings (SSSR count). The number of esters is 1. The molecule has 0 aromatic heterocycles. The molecule has 3 aromatic rings. The Morgan fingerprint density at radius 1 is 1.00 bits per heavy atom. The second-order valence-corrected chi connectivity index (χ2v) is 7.01. The highest BCUT2D eigenvalue weighted by Gasteiger charge is 2.25. The van der Waals surface area contributed by atoms with E-state index >= 15 is 0 Å². The zero-order valence-electron chi connectivity index (χ0n) is 17.6. The number of benzene rings is 3. The van der Waals surface area contributed by atoms with Gasteiger partial charge in [0.15, 0.2) is 12.4 Å². The molecule has 8 nitrogen and oxygen atoms in total. The van der Waals surface area contributed by atoms with Crippen molar-refractivity contribution in [3.05, 3.63) is 99.6 Å². The predicted molar refractivity (Wildman–Crippen MR) is 119 cm³/mol. The molecule has 0 saturated carbocycles. The Morgan fingerprint density at radius 3 is 2.06 bits per heavy atom. The number of nitrogens with one attached hydrogen (secondary N) is 1. The van der Waals surface area contributed by atoms with Crippen LogP contribution in [0.3, 0.4) is 0 Å². The minimum atomic E-state index is -0.675. The minimum absolute atomic E-state index is 0.0149. The number of aryl methyl sites for hydroxylation is 1. The topological polar surface area (TPSA) is 108 Å². The molecule has 1 amide bonds. The van der Waals surface area contributed by atoms with E-state index in [1.54, 1.807) is 6.92 Å². The Hall–Kier alpha value is -4.20. The van der Waals surface area contributed by atoms with Gasteiger partial charge in [-0.25, -0.2) is 0 Å². The van der Waals surface area contributed by atoms with E-state index in [2.05, 4.69) is 5.32 Å². The normalized spacial score (nSPS) is 10.5. The lowest BCUT2D eigenvalue weighted by atomic mass is 9.91. The van der Waals surface area contributed by atoms with Gasteiger partial charge in [0.25, 0.3) is 5.91 Å². The Kier molecular flexibility index (Phi) is 7.17. The summed E-state index contributed by atoms with van der Waals surface area (Å²) < 4.78 is 10.3. The third-order valence-corrected chi connectivity index (χ3v) is 4.84. The molecule has 32 heavy (non-hydrogen) atoms. The molecule has 0 saturated heterocycles. The average molecular weight is 434 g/mol. The Morgan fingerprint density at radius 2 is 1.56 bits per heavy atom. The standard InChI is InChI=1S/C24H22N2O6/c1-16-13-20(26(29)30)21(31-2)14-19(16)25-22(27)15-32-24(28)23(17-9-5-3-6-10-17)18-11-7-4-8-12-18/h3-14,23H,15H2,1-2H3,(H,25,27). The molecule has 0 heterocycles. The third-order valence-electron chi connectivity index (χ3n) is 4.84. The largest absolute Gasteiger partial charge is 0.490 e. The van der Waals surface area contributed by atoms with Crippen molar-refractivity contribution in [1.82, 2.24) is 0 Å². The van der Waals surface area contributed by atoms with Crippen LogP contribution in [-0.4, -0.2) is 30.5 Å². The van der Waals surface area contributed by atoms with Crippen LogP contribution in [0.2, 0.25) is 0 Å². The van der Waals surface area contributed by atoms with Gasteiger partial charge < -0.3 is 14.8 Å². The van der Waals surface area contributed by atoms with E-state index in [4.69, 9.17) is 9.47 Å². The van der Waals surface area contributed by atoms with Crippen LogP contribution in [0, 0.1) is 17.0 Å². The number of nitro groups is 1. The van der Waals surface area contributed by atoms with Gasteiger partial charge in [-0.1, -0.05) is 60.7 Å². The summed E-state index contributed by atoms with van der Waals surface area (Å²) >= 11 is 0. The summed E-state index contributed by atoms with van der Waals surface area (Å²) in [7, 11) is 1.30. The highest BCUT2D eigenvalue weighted by Crippen LogP contribution is 2.32. The first-order chi connectivity index (χ1) is 15.4. The highest BCUT2D eigenvalue weighted by molar-refractivity contribution is 5.94. The highest BCUT2D eigenvalue weighted by atomic mass is 16.6. The van der Waals surface area contributed by atoms with Crippen molar-refractivity contribution in [3.8, 4) is 5.75 Å². The summed E-state index contributed by atoms with van der Waals surface area (Å²) in [6.07, 6.45) is 0. The lowest BCUT2D eigenvalue weighted by Gasteiger charge is -2.17. The molecule has 0 unspecified atom stereocenters. The van der Waals surface area contributed by atoms with Crippen LogP contribution < -0.4 is 10.1 Å². The number of amides is 1. The second-order valence-electron chi connectivity index (χ2n) is 7.01. The van der Waals surface area contributed by atoms with Crippen molar-refractivity contribution < 1.29 is 24.0 Å². The van der Waals surface area contributed by atoms with Gasteiger partial charge >= 0.3 is 11.7 Å². The van der Waals surface area contributed by atoms with E-state index < -0.39 is 29.3 Å². The summed E-state index contributed by atoms with van der Waals surface area (Å²) in [5, 5.41) is 13.7. The first-order valence-electron chi connectivity index (χ1n) is 9.80. The molecule has 0 aliphatic carbocycles. The van der Waals surface area contributed by atoms with E-state index in [0.29, 0.717) is 11.3 Å². The number of ether oxygens (including phenoxy) is 2. The van der Waals surface area contributed by atoms with E-state index in [-0.39, 0.29) is 11.4 Å². The number of nitro benzene ring substituents is 1. The van der Waals surface area contributed by atoms with Gasteiger partial charge in [-0.15, -0.1) is 0 Å². The number of methoxy groups -OCH3 is 1. The Balaban J connectivity index is 1.72. The molecule has 0 radical (unpaired) electrons. The summed E-state index contributed by atoms with van der Waals surface area (Å²) in [6.45, 7) is 1.11. The number of carbonyl (C=O) groups excluding carboxylic acids is 2. The van der Waals surface area contributed by atoms with Crippen LogP contribution >= 0.6 is 0 Å². The van der Waals surface area contributed by atoms with Gasteiger partial charge in [0.2, 0.25) is 0 Å². The number of rotatable bonds is 8. The van der Waals surface area contributed by atoms with Gasteiger partial charge in [-0.05, 0) is 23.6 Å². The number of hydrogen-bond donors (Lipinski definition) is 1. The molecular formula is C24H22N2O6. The van der Waals surface area contributed by atoms with Gasteiger partial charge in [0.1, 0.15) is 5.92 Å². The molecule has 1 N–H and O–H groups in total. The van der Waals surface area contributed by atoms with Crippen LogP contribution in [-0.2, 0) is 14.3 Å². The van der Waals surface area contributed by atoms with Crippen molar-refractivity contribution in [2.24, 2.45) is 0 Å². The number of nitrogens with zero attached hydrogens (tertiary/aromatic N) is 1. The quantitative estimate of drug-likeness (QED) is 0.323. The SMILES string of the molecule is COc1cc(NC(=O)COC(=O)C(c2ccccc2)c2ccccc2)c(C)cc1[N+](=O)[O-]. The maximum atomic E-state index is 12.9. The van der Waals surface area contributed by atoms with Crippen molar-refractivity contribution in [2.75, 3.05) is 19.0 Å². The predicted octanol–water partition coefficient (Wildman–Crippen LogP) is 4.23. The summed E-state index contributed by atoms with van der Waals surface area (Å²) in [5.74, 6) is -1.79. The molecule has 0 bridgehead atoms. The molecule has 0 aliphatic rings. The fourth-order valence-corrected chi connectivity index (χ4v) is 3.28. The van der Waals surface area contributed by atoms with E-state index in [9.17, 15) is 19.7 Å². The van der Waals surface area contributed by atoms with Crippen molar-refractivity contribution >= 4 is 23.3 Å². The third kappa shape index (κ3) is 5.28. The maximum absolute atomic E-state index is 12.9. The lowest BCUT2D eigenvalue weighted by Crippen LogP contribution is -2.25. The summed E-state index contributed by atoms with van der Waals surface area (Å²) in [6, 6.07) is 21.0. The first kappa shape index (κ1) is 22.5. The summed E-state index contributed by atoms with van der Waals surface area (Å²) in [4.78, 5) is 35.9. The fraction of sp³-hybridized carbons (Fsp3) is 0.167. The van der Waals surface area contributed by atoms with E-state index in [0.717, 1.165) is 11.1 Å². The molecule has 3 aromatic carbocycles. The molecule has 0 fully saturated rings. The Labute approximate surface area is 184 Å². The summed E-state index contributed by atoms with van der Waals surface area (Å²) in [5.41, 5.74) is 2.10. The van der Waals surface area contributed by atoms with Gasteiger partial charge in [-0.3, -0.25) is 19.7 Å². The lowest BCUT2D eigenvalue weighted by molar-refractivity contribution is -0.385. The van der Waals surface area contributed by atoms with Gasteiger partial charge in [0, 0.05) is 17.8 Å². The zero-order chi connectivity index (χ0) is 23.1. The van der Waals surface area contributed by atoms with Gasteiger partial charge in [-0.2, -0.15) is 0 Å². The van der Waals surface area contributed by atoms with Crippen molar-refractivity contribution in [2.45, 2.75) is 12.8 Å². The molecule has 0 spiro atoms. The minimum Gasteiger partial charge on any atom is -0.490 e. The fourth-order valence-electron chi connectivity index (χ4n) is 3.28. The first-order valence-corrected chi connectivity index (χ1v) is 9.80. The molecule has 0 atom stereocenters. The van der Waals surface area contributed by atoms with Gasteiger partial charge in [0.05, 0.1) is 12.0 Å². The number of carbonyl (C=O) groups is 2. The van der Waals surface area contributed by atoms with Crippen molar-refractivity contribution in [1.29, 1.82) is 0 Å². The smallest absolute Gasteiger partial charge is 0.318 e. The van der Waals surface area contributed by atoms with Crippen LogP contribution in [0.25, 0.3) is 0 Å².